The van der Waals surface area contributed by atoms with E-state index in [1.165, 1.54) is 26.4 Å². The fourth-order valence-electron chi connectivity index (χ4n) is 5.25. The first-order valence-electron chi connectivity index (χ1n) is 15.9. The number of carbonyl (C=O) groups is 1. The normalized spacial score (nSPS) is 25.9. The van der Waals surface area contributed by atoms with Gasteiger partial charge in [0.25, 0.3) is 0 Å². The van der Waals surface area contributed by atoms with Crippen LogP contribution in [0.3, 0.4) is 0 Å². The second kappa shape index (κ2) is 14.5. The summed E-state index contributed by atoms with van der Waals surface area (Å²) in [7, 11) is -2.38. The molecule has 0 unspecified atom stereocenters. The van der Waals surface area contributed by atoms with Crippen LogP contribution in [0.5, 0.6) is 0 Å². The van der Waals surface area contributed by atoms with Gasteiger partial charge in [-0.05, 0) is 61.6 Å². The standard InChI is InChI=1S/C33H62O5Si2/c1-13-14-15-18-25(37-39(9,10)32(2,3)4)21-22-27-28-23-26(19-16-17-20-31(34)35-8)36-29(28)24-30(27)38-40(11,12)33(5,6)7/h19,21-22,25,27-30H,13-18,20,23-24H2,1-12H3/b22-21+,26-19-/t25-,27+,28+,29-,30+/m0/s1. The summed E-state index contributed by atoms with van der Waals surface area (Å²) in [5, 5.41) is 0.349. The van der Waals surface area contributed by atoms with Crippen molar-refractivity contribution in [2.45, 2.75) is 161 Å². The Hall–Kier alpha value is -0.896. The maximum atomic E-state index is 11.5. The highest BCUT2D eigenvalue weighted by molar-refractivity contribution is 6.74. The summed E-state index contributed by atoms with van der Waals surface area (Å²) in [6.07, 6.45) is 16.3. The van der Waals surface area contributed by atoms with Gasteiger partial charge in [0.15, 0.2) is 16.6 Å². The van der Waals surface area contributed by atoms with Crippen LogP contribution in [0.2, 0.25) is 36.3 Å². The number of hydrogen-bond donors (Lipinski definition) is 0. The zero-order valence-electron chi connectivity index (χ0n) is 28.0. The lowest BCUT2D eigenvalue weighted by Crippen LogP contribution is -2.45. The molecule has 0 aromatic heterocycles. The summed E-state index contributed by atoms with van der Waals surface area (Å²) in [5.74, 6) is 1.67. The molecule has 5 atom stereocenters. The minimum atomic E-state index is -1.93. The molecule has 0 bridgehead atoms. The second-order valence-corrected chi connectivity index (χ2v) is 24.7. The van der Waals surface area contributed by atoms with Crippen molar-refractivity contribution in [2.24, 2.45) is 11.8 Å². The molecule has 5 nitrogen and oxygen atoms in total. The number of allylic oxidation sites excluding steroid dienone is 2. The summed E-state index contributed by atoms with van der Waals surface area (Å²) < 4.78 is 25.3. The summed E-state index contributed by atoms with van der Waals surface area (Å²) in [5.41, 5.74) is 0. The lowest BCUT2D eigenvalue weighted by molar-refractivity contribution is -0.140. The van der Waals surface area contributed by atoms with Crippen LogP contribution in [0.4, 0.5) is 0 Å². The molecule has 0 spiro atoms. The molecule has 0 amide bonds. The van der Waals surface area contributed by atoms with Gasteiger partial charge < -0.3 is 18.3 Å². The average Bonchev–Trinajstić information content (AvgIpc) is 3.35. The van der Waals surface area contributed by atoms with Crippen LogP contribution in [-0.4, -0.2) is 48.0 Å². The van der Waals surface area contributed by atoms with Gasteiger partial charge in [0.1, 0.15) is 6.10 Å². The number of hydrogen-bond acceptors (Lipinski definition) is 5. The molecule has 0 aromatic rings. The smallest absolute Gasteiger partial charge is 0.305 e. The van der Waals surface area contributed by atoms with Crippen molar-refractivity contribution in [3.8, 4) is 0 Å². The molecule has 232 valence electrons. The number of fused-ring (bicyclic) bond motifs is 1. The SMILES string of the molecule is CCCCC[C@@H](/C=C/[C@@H]1[C@H]2C/C(=C/CCCC(=O)OC)O[C@H]2C[C@H]1O[Si](C)(C)C(C)(C)C)O[Si](C)(C)C(C)(C)C. The topological polar surface area (TPSA) is 54.0 Å². The van der Waals surface area contributed by atoms with Crippen molar-refractivity contribution >= 4 is 22.6 Å². The predicted molar refractivity (Wildman–Crippen MR) is 172 cm³/mol. The number of rotatable bonds is 14. The highest BCUT2D eigenvalue weighted by Gasteiger charge is 2.51. The van der Waals surface area contributed by atoms with Crippen LogP contribution in [0.15, 0.2) is 24.0 Å². The molecule has 40 heavy (non-hydrogen) atoms. The molecule has 2 fully saturated rings. The van der Waals surface area contributed by atoms with Gasteiger partial charge in [-0.15, -0.1) is 0 Å². The molecule has 1 aliphatic heterocycles. The zero-order valence-corrected chi connectivity index (χ0v) is 30.0. The van der Waals surface area contributed by atoms with E-state index in [0.717, 1.165) is 37.9 Å². The number of carbonyl (C=O) groups excluding carboxylic acids is 1. The van der Waals surface area contributed by atoms with Gasteiger partial charge in [0, 0.05) is 31.1 Å². The minimum Gasteiger partial charge on any atom is -0.495 e. The van der Waals surface area contributed by atoms with Gasteiger partial charge in [0.05, 0.1) is 25.1 Å². The molecule has 1 saturated carbocycles. The number of ether oxygens (including phenoxy) is 2. The van der Waals surface area contributed by atoms with Gasteiger partial charge in [-0.3, -0.25) is 4.79 Å². The van der Waals surface area contributed by atoms with Gasteiger partial charge in [0.2, 0.25) is 0 Å². The monoisotopic (exact) mass is 594 g/mol. The van der Waals surface area contributed by atoms with Crippen molar-refractivity contribution in [1.82, 2.24) is 0 Å². The fraction of sp³-hybridized carbons (Fsp3) is 0.848. The van der Waals surface area contributed by atoms with Gasteiger partial charge in [-0.25, -0.2) is 0 Å². The number of methoxy groups -OCH3 is 1. The van der Waals surface area contributed by atoms with Crippen molar-refractivity contribution in [3.05, 3.63) is 24.0 Å². The second-order valence-electron chi connectivity index (χ2n) is 15.2. The van der Waals surface area contributed by atoms with Crippen LogP contribution in [0.1, 0.15) is 106 Å². The predicted octanol–water partition coefficient (Wildman–Crippen LogP) is 9.56. The van der Waals surface area contributed by atoms with Gasteiger partial charge in [-0.1, -0.05) is 79.9 Å². The van der Waals surface area contributed by atoms with E-state index in [1.54, 1.807) is 0 Å². The Labute approximate surface area is 249 Å². The largest absolute Gasteiger partial charge is 0.495 e. The molecule has 1 heterocycles. The third kappa shape index (κ3) is 9.84. The van der Waals surface area contributed by atoms with E-state index in [4.69, 9.17) is 18.3 Å². The first-order chi connectivity index (χ1) is 18.4. The fourth-order valence-corrected chi connectivity index (χ4v) is 7.92. The molecule has 2 rings (SSSR count). The highest BCUT2D eigenvalue weighted by atomic mass is 28.4. The Kier molecular flexibility index (Phi) is 12.8. The van der Waals surface area contributed by atoms with Crippen LogP contribution in [-0.2, 0) is 23.1 Å². The van der Waals surface area contributed by atoms with E-state index >= 15 is 0 Å². The molecule has 1 aliphatic carbocycles. The van der Waals surface area contributed by atoms with E-state index < -0.39 is 16.6 Å². The quantitative estimate of drug-likeness (QED) is 0.0867. The van der Waals surface area contributed by atoms with Crippen LogP contribution >= 0.6 is 0 Å². The Morgan fingerprint density at radius 3 is 2.25 bits per heavy atom. The van der Waals surface area contributed by atoms with Crippen molar-refractivity contribution in [3.63, 3.8) is 0 Å². The molecule has 0 N–H and O–H groups in total. The first kappa shape index (κ1) is 35.3. The molecular formula is C33H62O5Si2. The molecule has 7 heteroatoms. The van der Waals surface area contributed by atoms with Crippen LogP contribution < -0.4 is 0 Å². The lowest BCUT2D eigenvalue weighted by atomic mass is 9.90. The third-order valence-electron chi connectivity index (χ3n) is 9.93. The summed E-state index contributed by atoms with van der Waals surface area (Å²) >= 11 is 0. The average molecular weight is 595 g/mol. The van der Waals surface area contributed by atoms with E-state index in [-0.39, 0.29) is 34.4 Å². The minimum absolute atomic E-state index is 0.146. The van der Waals surface area contributed by atoms with Crippen molar-refractivity contribution in [1.29, 1.82) is 0 Å². The van der Waals surface area contributed by atoms with Crippen LogP contribution in [0, 0.1) is 11.8 Å². The van der Waals surface area contributed by atoms with Crippen molar-refractivity contribution < 1.29 is 23.1 Å². The van der Waals surface area contributed by atoms with Crippen LogP contribution in [0.25, 0.3) is 0 Å². The highest BCUT2D eigenvalue weighted by Crippen LogP contribution is 2.49. The Bertz CT molecular complexity index is 865. The van der Waals surface area contributed by atoms with Crippen molar-refractivity contribution in [2.75, 3.05) is 7.11 Å². The molecule has 0 aromatic carbocycles. The zero-order chi connectivity index (χ0) is 30.4. The summed E-state index contributed by atoms with van der Waals surface area (Å²) in [6.45, 7) is 25.7. The number of esters is 1. The lowest BCUT2D eigenvalue weighted by Gasteiger charge is -2.40. The van der Waals surface area contributed by atoms with E-state index in [2.05, 4.69) is 92.9 Å². The van der Waals surface area contributed by atoms with Gasteiger partial charge >= 0.3 is 5.97 Å². The molecule has 1 saturated heterocycles. The molecule has 2 aliphatic rings. The summed E-state index contributed by atoms with van der Waals surface area (Å²) in [6, 6.07) is 0. The summed E-state index contributed by atoms with van der Waals surface area (Å²) in [4.78, 5) is 11.5. The number of unbranched alkanes of at least 4 members (excludes halogenated alkanes) is 3. The van der Waals surface area contributed by atoms with E-state index in [1.807, 2.05) is 0 Å². The maximum absolute atomic E-state index is 11.5. The Balaban J connectivity index is 2.27. The van der Waals surface area contributed by atoms with Gasteiger partial charge in [-0.2, -0.15) is 0 Å². The van der Waals surface area contributed by atoms with E-state index in [9.17, 15) is 4.79 Å². The molecule has 0 radical (unpaired) electrons. The Morgan fingerprint density at radius 2 is 1.68 bits per heavy atom. The third-order valence-corrected chi connectivity index (χ3v) is 18.9. The maximum Gasteiger partial charge on any atom is 0.305 e. The molecular weight excluding hydrogens is 533 g/mol. The van der Waals surface area contributed by atoms with E-state index in [0.29, 0.717) is 18.3 Å². The first-order valence-corrected chi connectivity index (χ1v) is 21.7. The Morgan fingerprint density at radius 1 is 1.02 bits per heavy atom.